The van der Waals surface area contributed by atoms with Crippen molar-refractivity contribution < 1.29 is 0 Å². The van der Waals surface area contributed by atoms with Crippen LogP contribution < -0.4 is 5.32 Å². The van der Waals surface area contributed by atoms with Crippen molar-refractivity contribution in [2.75, 3.05) is 45.8 Å². The van der Waals surface area contributed by atoms with Crippen LogP contribution in [-0.2, 0) is 0 Å². The molecule has 1 N–H and O–H groups in total. The first kappa shape index (κ1) is 22.6. The van der Waals surface area contributed by atoms with Gasteiger partial charge in [-0.15, -0.1) is 0 Å². The van der Waals surface area contributed by atoms with E-state index in [0.29, 0.717) is 0 Å². The first-order chi connectivity index (χ1) is 10.9. The van der Waals surface area contributed by atoms with Crippen LogP contribution in [0.3, 0.4) is 0 Å². The summed E-state index contributed by atoms with van der Waals surface area (Å²) in [6, 6.07) is 0. The molecule has 1 aliphatic rings. The highest BCUT2D eigenvalue weighted by molar-refractivity contribution is 7.82. The van der Waals surface area contributed by atoms with Crippen LogP contribution in [0.5, 0.6) is 0 Å². The third-order valence-corrected chi connectivity index (χ3v) is 4.71. The lowest BCUT2D eigenvalue weighted by Gasteiger charge is -2.39. The number of hydrogen-bond donors (Lipinski definition) is 3. The maximum absolute atomic E-state index is 4.77. The molecular formula is C19H41N3S2. The summed E-state index contributed by atoms with van der Waals surface area (Å²) >= 11 is 9.42. The van der Waals surface area contributed by atoms with E-state index < -0.39 is 0 Å². The molecule has 0 saturated carbocycles. The highest BCUT2D eigenvalue weighted by atomic mass is 32.1. The minimum atomic E-state index is 0.0126. The third-order valence-electron chi connectivity index (χ3n) is 4.41. The first-order valence-electron chi connectivity index (χ1n) is 9.51. The van der Waals surface area contributed by atoms with Crippen LogP contribution in [-0.4, -0.2) is 70.6 Å². The van der Waals surface area contributed by atoms with Crippen molar-refractivity contribution in [1.82, 2.24) is 15.1 Å². The Hall–Kier alpha value is 0.580. The topological polar surface area (TPSA) is 18.5 Å². The molecule has 1 aliphatic heterocycles. The Bertz CT molecular complexity index is 353. The van der Waals surface area contributed by atoms with Crippen LogP contribution in [0.25, 0.3) is 0 Å². The van der Waals surface area contributed by atoms with Gasteiger partial charge in [-0.3, -0.25) is 4.90 Å². The monoisotopic (exact) mass is 375 g/mol. The van der Waals surface area contributed by atoms with Crippen molar-refractivity contribution in [2.45, 2.75) is 75.8 Å². The molecule has 3 nitrogen and oxygen atoms in total. The molecule has 0 bridgehead atoms. The fourth-order valence-corrected chi connectivity index (χ4v) is 3.58. The zero-order chi connectivity index (χ0) is 18.4. The number of nitrogens with zero attached hydrogens (tertiary/aromatic N) is 2. The van der Waals surface area contributed by atoms with Gasteiger partial charge in [0.25, 0.3) is 0 Å². The lowest BCUT2D eigenvalue weighted by molar-refractivity contribution is 0.149. The molecule has 144 valence electrons. The average Bonchev–Trinajstić information content (AvgIpc) is 2.41. The SMILES string of the molecule is CC(C)(S)CNC(C)(C)CN(CCN1CCCCC1)CC(C)(C)S. The quantitative estimate of drug-likeness (QED) is 0.508. The first-order valence-corrected chi connectivity index (χ1v) is 10.4. The summed E-state index contributed by atoms with van der Waals surface area (Å²) in [4.78, 5) is 5.21. The van der Waals surface area contributed by atoms with Gasteiger partial charge in [-0.05, 0) is 67.5 Å². The summed E-state index contributed by atoms with van der Waals surface area (Å²) in [6.45, 7) is 21.1. The standard InChI is InChI=1S/C19H41N3S2/c1-17(2,20-14-18(3,4)23)15-22(16-19(5,6)24)13-12-21-10-8-7-9-11-21/h20,23-24H,7-16H2,1-6H3. The molecular weight excluding hydrogens is 334 g/mol. The van der Waals surface area contributed by atoms with Crippen LogP contribution in [0.2, 0.25) is 0 Å². The second-order valence-corrected chi connectivity index (χ2v) is 11.9. The minimum Gasteiger partial charge on any atom is -0.309 e. The smallest absolute Gasteiger partial charge is 0.0252 e. The molecule has 0 amide bonds. The Kier molecular flexibility index (Phi) is 8.95. The van der Waals surface area contributed by atoms with E-state index in [0.717, 1.165) is 26.2 Å². The maximum atomic E-state index is 4.77. The van der Waals surface area contributed by atoms with Gasteiger partial charge in [0.15, 0.2) is 0 Å². The van der Waals surface area contributed by atoms with Crippen LogP contribution in [0, 0.1) is 0 Å². The summed E-state index contributed by atoms with van der Waals surface area (Å²) in [5.74, 6) is 0. The normalized spacial score (nSPS) is 18.4. The Labute approximate surface area is 162 Å². The highest BCUT2D eigenvalue weighted by Crippen LogP contribution is 2.18. The third kappa shape index (κ3) is 11.2. The van der Waals surface area contributed by atoms with Gasteiger partial charge >= 0.3 is 0 Å². The van der Waals surface area contributed by atoms with Crippen molar-refractivity contribution in [2.24, 2.45) is 0 Å². The molecule has 0 aromatic carbocycles. The Morgan fingerprint density at radius 1 is 0.875 bits per heavy atom. The van der Waals surface area contributed by atoms with Gasteiger partial charge in [0.1, 0.15) is 0 Å². The van der Waals surface area contributed by atoms with Gasteiger partial charge in [-0.25, -0.2) is 0 Å². The van der Waals surface area contributed by atoms with Gasteiger partial charge in [-0.1, -0.05) is 6.42 Å². The van der Waals surface area contributed by atoms with Crippen LogP contribution in [0.1, 0.15) is 60.8 Å². The summed E-state index contributed by atoms with van der Waals surface area (Å²) in [5.41, 5.74) is 0.0704. The summed E-state index contributed by atoms with van der Waals surface area (Å²) < 4.78 is 0.0412. The van der Waals surface area contributed by atoms with E-state index >= 15 is 0 Å². The number of thiol groups is 2. The zero-order valence-electron chi connectivity index (χ0n) is 16.9. The molecule has 1 fully saturated rings. The second kappa shape index (κ2) is 9.50. The number of likely N-dealkylation sites (tertiary alicyclic amines) is 1. The van der Waals surface area contributed by atoms with Crippen LogP contribution >= 0.6 is 25.3 Å². The van der Waals surface area contributed by atoms with Gasteiger partial charge in [0.05, 0.1) is 0 Å². The summed E-state index contributed by atoms with van der Waals surface area (Å²) in [7, 11) is 0. The Morgan fingerprint density at radius 2 is 1.46 bits per heavy atom. The predicted molar refractivity (Wildman–Crippen MR) is 115 cm³/mol. The van der Waals surface area contributed by atoms with E-state index in [-0.39, 0.29) is 15.0 Å². The molecule has 0 atom stereocenters. The maximum Gasteiger partial charge on any atom is 0.0252 e. The number of hydrogen-bond acceptors (Lipinski definition) is 5. The number of piperidine rings is 1. The number of rotatable bonds is 10. The van der Waals surface area contributed by atoms with Gasteiger partial charge < -0.3 is 10.2 Å². The molecule has 1 saturated heterocycles. The molecule has 24 heavy (non-hydrogen) atoms. The largest absolute Gasteiger partial charge is 0.309 e. The van der Waals surface area contributed by atoms with E-state index in [4.69, 9.17) is 12.6 Å². The molecule has 1 heterocycles. The van der Waals surface area contributed by atoms with Crippen molar-refractivity contribution in [3.8, 4) is 0 Å². The zero-order valence-corrected chi connectivity index (χ0v) is 18.6. The van der Waals surface area contributed by atoms with Gasteiger partial charge in [0, 0.05) is 47.8 Å². The Morgan fingerprint density at radius 3 is 1.96 bits per heavy atom. The molecule has 0 radical (unpaired) electrons. The van der Waals surface area contributed by atoms with Gasteiger partial charge in [0.2, 0.25) is 0 Å². The molecule has 5 heteroatoms. The lowest BCUT2D eigenvalue weighted by Crippen LogP contribution is -2.54. The van der Waals surface area contributed by atoms with E-state index in [1.54, 1.807) is 0 Å². The van der Waals surface area contributed by atoms with Crippen molar-refractivity contribution >= 4 is 25.3 Å². The second-order valence-electron chi connectivity index (χ2n) is 9.48. The van der Waals surface area contributed by atoms with Crippen LogP contribution in [0.15, 0.2) is 0 Å². The van der Waals surface area contributed by atoms with E-state index in [1.807, 2.05) is 0 Å². The summed E-state index contributed by atoms with van der Waals surface area (Å²) in [5, 5.41) is 3.70. The molecule has 0 spiro atoms. The predicted octanol–water partition coefficient (Wildman–Crippen LogP) is 3.56. The fourth-order valence-electron chi connectivity index (χ4n) is 3.30. The van der Waals surface area contributed by atoms with Crippen molar-refractivity contribution in [3.05, 3.63) is 0 Å². The average molecular weight is 376 g/mol. The van der Waals surface area contributed by atoms with E-state index in [2.05, 4.69) is 69.3 Å². The Balaban J connectivity index is 2.56. The molecule has 0 aromatic rings. The van der Waals surface area contributed by atoms with Crippen molar-refractivity contribution in [3.63, 3.8) is 0 Å². The molecule has 0 unspecified atom stereocenters. The highest BCUT2D eigenvalue weighted by Gasteiger charge is 2.27. The lowest BCUT2D eigenvalue weighted by atomic mass is 10.0. The fraction of sp³-hybridized carbons (Fsp3) is 1.00. The molecule has 1 rings (SSSR count). The van der Waals surface area contributed by atoms with E-state index in [9.17, 15) is 0 Å². The minimum absolute atomic E-state index is 0.0126. The van der Waals surface area contributed by atoms with E-state index in [1.165, 1.54) is 38.9 Å². The number of nitrogens with one attached hydrogen (secondary N) is 1. The van der Waals surface area contributed by atoms with Crippen LogP contribution in [0.4, 0.5) is 0 Å². The summed E-state index contributed by atoms with van der Waals surface area (Å²) in [6.07, 6.45) is 4.13. The van der Waals surface area contributed by atoms with Gasteiger partial charge in [-0.2, -0.15) is 25.3 Å². The van der Waals surface area contributed by atoms with Crippen molar-refractivity contribution in [1.29, 1.82) is 0 Å². The molecule has 0 aliphatic carbocycles. The molecule has 0 aromatic heterocycles.